The number of benzene rings is 2. The Hall–Kier alpha value is -2.92. The summed E-state index contributed by atoms with van der Waals surface area (Å²) in [5, 5.41) is 12.7. The highest BCUT2D eigenvalue weighted by Crippen LogP contribution is 2.27. The second-order valence-electron chi connectivity index (χ2n) is 8.33. The first-order valence-electron chi connectivity index (χ1n) is 10.6. The lowest BCUT2D eigenvalue weighted by Crippen LogP contribution is -2.41. The molecule has 0 aliphatic carbocycles. The van der Waals surface area contributed by atoms with Gasteiger partial charge in [-0.1, -0.05) is 41.4 Å². The van der Waals surface area contributed by atoms with Gasteiger partial charge < -0.3 is 10.2 Å². The van der Waals surface area contributed by atoms with Gasteiger partial charge in [0.15, 0.2) is 5.82 Å². The van der Waals surface area contributed by atoms with Crippen molar-refractivity contribution in [2.45, 2.75) is 33.6 Å². The number of anilines is 2. The summed E-state index contributed by atoms with van der Waals surface area (Å²) in [7, 11) is 0. The van der Waals surface area contributed by atoms with E-state index in [9.17, 15) is 4.79 Å². The lowest BCUT2D eigenvalue weighted by molar-refractivity contribution is -0.120. The normalized spacial score (nSPS) is 16.3. The molecule has 5 nitrogen and oxygen atoms in total. The van der Waals surface area contributed by atoms with E-state index >= 15 is 0 Å². The van der Waals surface area contributed by atoms with Crippen LogP contribution in [0.4, 0.5) is 11.5 Å². The molecule has 1 unspecified atom stereocenters. The minimum Gasteiger partial charge on any atom is -0.354 e. The van der Waals surface area contributed by atoms with Crippen molar-refractivity contribution in [3.8, 4) is 11.3 Å². The average Bonchev–Trinajstić information content (AvgIpc) is 2.77. The minimum absolute atomic E-state index is 0.0745. The van der Waals surface area contributed by atoms with Gasteiger partial charge in [-0.15, -0.1) is 10.2 Å². The third kappa shape index (κ3) is 4.88. The minimum atomic E-state index is -0.0772. The molecule has 3 aromatic rings. The van der Waals surface area contributed by atoms with Gasteiger partial charge >= 0.3 is 0 Å². The van der Waals surface area contributed by atoms with Gasteiger partial charge in [0.25, 0.3) is 0 Å². The number of aromatic nitrogens is 2. The van der Waals surface area contributed by atoms with Crippen molar-refractivity contribution in [1.29, 1.82) is 0 Å². The van der Waals surface area contributed by atoms with Crippen LogP contribution in [0.2, 0.25) is 5.02 Å². The van der Waals surface area contributed by atoms with E-state index < -0.39 is 0 Å². The maximum Gasteiger partial charge on any atom is 0.229 e. The van der Waals surface area contributed by atoms with E-state index in [0.717, 1.165) is 53.3 Å². The third-order valence-corrected chi connectivity index (χ3v) is 6.08. The number of carbonyl (C=O) groups is 1. The summed E-state index contributed by atoms with van der Waals surface area (Å²) in [6, 6.07) is 15.7. The van der Waals surface area contributed by atoms with E-state index in [2.05, 4.69) is 39.5 Å². The lowest BCUT2D eigenvalue weighted by atomic mass is 9.96. The summed E-state index contributed by atoms with van der Waals surface area (Å²) >= 11 is 5.96. The van der Waals surface area contributed by atoms with E-state index in [0.29, 0.717) is 11.6 Å². The highest BCUT2D eigenvalue weighted by Gasteiger charge is 2.27. The molecule has 160 valence electrons. The second-order valence-corrected chi connectivity index (χ2v) is 8.77. The van der Waals surface area contributed by atoms with Crippen LogP contribution < -0.4 is 10.2 Å². The molecular weight excluding hydrogens is 408 g/mol. The van der Waals surface area contributed by atoms with Gasteiger partial charge in [-0.2, -0.15) is 0 Å². The van der Waals surface area contributed by atoms with Crippen LogP contribution >= 0.6 is 11.6 Å². The van der Waals surface area contributed by atoms with Crippen molar-refractivity contribution >= 4 is 29.0 Å². The third-order valence-electron chi connectivity index (χ3n) is 5.83. The van der Waals surface area contributed by atoms with Crippen molar-refractivity contribution in [3.05, 3.63) is 70.2 Å². The van der Waals surface area contributed by atoms with Gasteiger partial charge in [-0.25, -0.2) is 0 Å². The topological polar surface area (TPSA) is 58.1 Å². The quantitative estimate of drug-likeness (QED) is 0.582. The van der Waals surface area contributed by atoms with Crippen LogP contribution in [-0.2, 0) is 4.79 Å². The van der Waals surface area contributed by atoms with E-state index in [1.165, 1.54) is 5.56 Å². The molecule has 1 N–H and O–H groups in total. The number of hydrogen-bond acceptors (Lipinski definition) is 4. The fourth-order valence-electron chi connectivity index (χ4n) is 4.27. The summed E-state index contributed by atoms with van der Waals surface area (Å²) in [5.74, 6) is 0.801. The first kappa shape index (κ1) is 21.3. The predicted molar refractivity (Wildman–Crippen MR) is 127 cm³/mol. The molecule has 1 aliphatic heterocycles. The average molecular weight is 435 g/mol. The molecular formula is C25H27ClN4O. The number of rotatable bonds is 4. The van der Waals surface area contributed by atoms with Crippen LogP contribution in [0.1, 0.15) is 29.5 Å². The largest absolute Gasteiger partial charge is 0.354 e. The SMILES string of the molecule is Cc1cc(C)c(NC(=O)C2CCCN(c3ccc(-c4ccc(Cl)cc4)nn3)C2)c(C)c1. The summed E-state index contributed by atoms with van der Waals surface area (Å²) in [6.45, 7) is 7.68. The Morgan fingerprint density at radius 1 is 1.03 bits per heavy atom. The van der Waals surface area contributed by atoms with Gasteiger partial charge in [-0.05, 0) is 69.0 Å². The van der Waals surface area contributed by atoms with Crippen molar-refractivity contribution in [2.75, 3.05) is 23.3 Å². The molecule has 2 aromatic carbocycles. The maximum absolute atomic E-state index is 13.0. The van der Waals surface area contributed by atoms with Crippen LogP contribution in [0.5, 0.6) is 0 Å². The molecule has 1 aliphatic rings. The number of hydrogen-bond donors (Lipinski definition) is 1. The van der Waals surface area contributed by atoms with Crippen molar-refractivity contribution in [3.63, 3.8) is 0 Å². The molecule has 0 spiro atoms. The number of amides is 1. The van der Waals surface area contributed by atoms with Gasteiger partial charge in [0.1, 0.15) is 0 Å². The van der Waals surface area contributed by atoms with Gasteiger partial charge in [0.05, 0.1) is 11.6 Å². The van der Waals surface area contributed by atoms with Crippen LogP contribution in [0.25, 0.3) is 11.3 Å². The Bertz CT molecular complexity index is 1060. The molecule has 1 saturated heterocycles. The van der Waals surface area contributed by atoms with Crippen LogP contribution in [-0.4, -0.2) is 29.2 Å². The highest BCUT2D eigenvalue weighted by molar-refractivity contribution is 6.30. The molecule has 0 saturated carbocycles. The second kappa shape index (κ2) is 9.06. The molecule has 1 amide bonds. The molecule has 6 heteroatoms. The van der Waals surface area contributed by atoms with Crippen molar-refractivity contribution in [1.82, 2.24) is 10.2 Å². The summed E-state index contributed by atoms with van der Waals surface area (Å²) in [6.07, 6.45) is 1.83. The monoisotopic (exact) mass is 434 g/mol. The zero-order valence-electron chi connectivity index (χ0n) is 18.2. The number of nitrogens with zero attached hydrogens (tertiary/aromatic N) is 3. The molecule has 1 aromatic heterocycles. The molecule has 1 atom stereocenters. The van der Waals surface area contributed by atoms with Gasteiger partial charge in [0.2, 0.25) is 5.91 Å². The van der Waals surface area contributed by atoms with Crippen LogP contribution in [0.15, 0.2) is 48.5 Å². The Morgan fingerprint density at radius 2 is 1.74 bits per heavy atom. The predicted octanol–water partition coefficient (Wildman–Crippen LogP) is 5.58. The standard InChI is InChI=1S/C25H27ClN4O/c1-16-13-17(2)24(18(3)14-16)27-25(31)20-5-4-12-30(15-20)23-11-10-22(28-29-23)19-6-8-21(26)9-7-19/h6-11,13-14,20H,4-5,12,15H2,1-3H3,(H,27,31). The summed E-state index contributed by atoms with van der Waals surface area (Å²) < 4.78 is 0. The molecule has 0 bridgehead atoms. The Kier molecular flexibility index (Phi) is 6.23. The highest BCUT2D eigenvalue weighted by atomic mass is 35.5. The van der Waals surface area contributed by atoms with E-state index in [4.69, 9.17) is 11.6 Å². The Morgan fingerprint density at radius 3 is 2.39 bits per heavy atom. The first-order valence-corrected chi connectivity index (χ1v) is 11.0. The fraction of sp³-hybridized carbons (Fsp3) is 0.320. The molecule has 2 heterocycles. The number of carbonyl (C=O) groups excluding carboxylic acids is 1. The molecule has 31 heavy (non-hydrogen) atoms. The van der Waals surface area contributed by atoms with Crippen molar-refractivity contribution < 1.29 is 4.79 Å². The smallest absolute Gasteiger partial charge is 0.229 e. The molecule has 0 radical (unpaired) electrons. The Labute approximate surface area is 188 Å². The van der Waals surface area contributed by atoms with Crippen molar-refractivity contribution in [2.24, 2.45) is 5.92 Å². The lowest BCUT2D eigenvalue weighted by Gasteiger charge is -2.32. The summed E-state index contributed by atoms with van der Waals surface area (Å²) in [4.78, 5) is 15.2. The van der Waals surface area contributed by atoms with E-state index in [1.54, 1.807) is 0 Å². The van der Waals surface area contributed by atoms with Gasteiger partial charge in [-0.3, -0.25) is 4.79 Å². The van der Waals surface area contributed by atoms with E-state index in [1.807, 2.05) is 50.2 Å². The van der Waals surface area contributed by atoms with Crippen LogP contribution in [0, 0.1) is 26.7 Å². The number of nitrogens with one attached hydrogen (secondary N) is 1. The van der Waals surface area contributed by atoms with Crippen LogP contribution in [0.3, 0.4) is 0 Å². The number of halogens is 1. The molecule has 1 fully saturated rings. The van der Waals surface area contributed by atoms with Gasteiger partial charge in [0, 0.05) is 29.4 Å². The number of aryl methyl sites for hydroxylation is 3. The zero-order valence-corrected chi connectivity index (χ0v) is 18.9. The molecule has 4 rings (SSSR count). The zero-order chi connectivity index (χ0) is 22.0. The first-order chi connectivity index (χ1) is 14.9. The maximum atomic E-state index is 13.0. The number of piperidine rings is 1. The fourth-order valence-corrected chi connectivity index (χ4v) is 4.40. The van der Waals surface area contributed by atoms with E-state index in [-0.39, 0.29) is 11.8 Å². The summed E-state index contributed by atoms with van der Waals surface area (Å²) in [5.41, 5.74) is 6.11. The Balaban J connectivity index is 1.44.